The second-order valence-electron chi connectivity index (χ2n) is 5.38. The zero-order valence-electron chi connectivity index (χ0n) is 9.66. The monoisotopic (exact) mass is 207 g/mol. The number of nitrogens with one attached hydrogen (secondary N) is 1. The molecule has 15 heavy (non-hydrogen) atoms. The molecule has 2 N–H and O–H groups in total. The summed E-state index contributed by atoms with van der Waals surface area (Å²) >= 11 is 0. The van der Waals surface area contributed by atoms with E-state index < -0.39 is 5.60 Å². The van der Waals surface area contributed by atoms with E-state index in [9.17, 15) is 5.11 Å². The molecule has 2 aliphatic rings. The molecule has 1 saturated carbocycles. The lowest BCUT2D eigenvalue weighted by molar-refractivity contribution is -0.0515. The first-order valence-electron chi connectivity index (χ1n) is 6.03. The molecule has 0 aromatic rings. The van der Waals surface area contributed by atoms with Crippen LogP contribution in [0.4, 0.5) is 0 Å². The highest BCUT2D eigenvalue weighted by atomic mass is 16.3. The first kappa shape index (κ1) is 11.0. The molecule has 5 atom stereocenters. The minimum atomic E-state index is -0.871. The van der Waals surface area contributed by atoms with Crippen LogP contribution in [0.3, 0.4) is 0 Å². The Hall–Kier alpha value is -0.520. The van der Waals surface area contributed by atoms with E-state index in [4.69, 9.17) is 6.42 Å². The predicted octanol–water partition coefficient (Wildman–Crippen LogP) is 1.54. The van der Waals surface area contributed by atoms with Crippen LogP contribution in [0, 0.1) is 24.2 Å². The maximum Gasteiger partial charge on any atom is 0.131 e. The Morgan fingerprint density at radius 3 is 2.80 bits per heavy atom. The summed E-state index contributed by atoms with van der Waals surface area (Å²) in [6, 6.07) is 0.733. The highest BCUT2D eigenvalue weighted by Gasteiger charge is 2.48. The van der Waals surface area contributed by atoms with Crippen LogP contribution >= 0.6 is 0 Å². The van der Waals surface area contributed by atoms with Gasteiger partial charge in [0.15, 0.2) is 0 Å². The van der Waals surface area contributed by atoms with Crippen molar-refractivity contribution >= 4 is 0 Å². The van der Waals surface area contributed by atoms with Crippen LogP contribution in [-0.4, -0.2) is 22.8 Å². The van der Waals surface area contributed by atoms with Crippen molar-refractivity contribution in [2.75, 3.05) is 0 Å². The lowest BCUT2D eigenvalue weighted by atomic mass is 9.65. The molecule has 2 fully saturated rings. The quantitative estimate of drug-likeness (QED) is 0.591. The molecule has 0 amide bonds. The highest BCUT2D eigenvalue weighted by Crippen LogP contribution is 2.41. The van der Waals surface area contributed by atoms with Gasteiger partial charge in [-0.25, -0.2) is 0 Å². The van der Waals surface area contributed by atoms with Gasteiger partial charge in [-0.15, -0.1) is 6.42 Å². The number of terminal acetylenes is 1. The molecule has 0 bridgehead atoms. The Bertz CT molecular complexity index is 283. The predicted molar refractivity (Wildman–Crippen MR) is 61.3 cm³/mol. The zero-order chi connectivity index (χ0) is 11.1. The van der Waals surface area contributed by atoms with Gasteiger partial charge in [-0.05, 0) is 25.7 Å². The lowest BCUT2D eigenvalue weighted by Crippen LogP contribution is -2.62. The molecular weight excluding hydrogens is 186 g/mol. The molecule has 0 aromatic carbocycles. The molecule has 84 valence electrons. The van der Waals surface area contributed by atoms with Crippen LogP contribution in [0.5, 0.6) is 0 Å². The Labute approximate surface area is 92.5 Å². The Morgan fingerprint density at radius 1 is 1.40 bits per heavy atom. The molecule has 0 aromatic heterocycles. The van der Waals surface area contributed by atoms with Gasteiger partial charge in [0.2, 0.25) is 0 Å². The van der Waals surface area contributed by atoms with Crippen LogP contribution in [0.15, 0.2) is 0 Å². The fourth-order valence-corrected chi connectivity index (χ4v) is 3.40. The van der Waals surface area contributed by atoms with E-state index in [0.717, 1.165) is 6.42 Å². The second kappa shape index (κ2) is 3.81. The summed E-state index contributed by atoms with van der Waals surface area (Å²) in [7, 11) is 0. The van der Waals surface area contributed by atoms with E-state index >= 15 is 0 Å². The fourth-order valence-electron chi connectivity index (χ4n) is 3.40. The van der Waals surface area contributed by atoms with Crippen molar-refractivity contribution in [3.63, 3.8) is 0 Å². The maximum absolute atomic E-state index is 10.5. The van der Waals surface area contributed by atoms with Gasteiger partial charge in [0.1, 0.15) is 5.60 Å². The molecular formula is C13H21NO. The summed E-state index contributed by atoms with van der Waals surface area (Å²) < 4.78 is 0. The van der Waals surface area contributed by atoms with Gasteiger partial charge in [0.05, 0.1) is 0 Å². The van der Waals surface area contributed by atoms with Crippen molar-refractivity contribution in [1.82, 2.24) is 5.32 Å². The van der Waals surface area contributed by atoms with Crippen LogP contribution in [0.25, 0.3) is 0 Å². The van der Waals surface area contributed by atoms with Crippen LogP contribution in [-0.2, 0) is 0 Å². The van der Waals surface area contributed by atoms with Gasteiger partial charge in [-0.1, -0.05) is 19.3 Å². The van der Waals surface area contributed by atoms with Crippen molar-refractivity contribution in [3.05, 3.63) is 0 Å². The first-order valence-corrected chi connectivity index (χ1v) is 6.03. The largest absolute Gasteiger partial charge is 0.377 e. The number of aliphatic hydroxyl groups is 1. The number of hydrogen-bond acceptors (Lipinski definition) is 2. The van der Waals surface area contributed by atoms with Crippen LogP contribution < -0.4 is 5.32 Å². The molecule has 1 heterocycles. The molecule has 4 unspecified atom stereocenters. The SMILES string of the molecule is C#CC1(O)CC(C)NC2C1CCC[C@H]2C. The van der Waals surface area contributed by atoms with Crippen molar-refractivity contribution in [3.8, 4) is 12.3 Å². The standard InChI is InChI=1S/C13H21NO/c1-4-13(15)8-10(3)14-12-9(2)6-5-7-11(12)13/h1,9-12,14-15H,5-8H2,2-3H3/t9-,10?,11?,12?,13?/m1/s1. The molecule has 1 aliphatic carbocycles. The van der Waals surface area contributed by atoms with Crippen molar-refractivity contribution < 1.29 is 5.11 Å². The van der Waals surface area contributed by atoms with E-state index in [1.807, 2.05) is 0 Å². The minimum Gasteiger partial charge on any atom is -0.377 e. The molecule has 2 heteroatoms. The number of hydrogen-bond donors (Lipinski definition) is 2. The Kier molecular flexibility index (Phi) is 2.79. The average molecular weight is 207 g/mol. The lowest BCUT2D eigenvalue weighted by Gasteiger charge is -2.50. The maximum atomic E-state index is 10.5. The number of rotatable bonds is 0. The van der Waals surface area contributed by atoms with E-state index in [1.54, 1.807) is 0 Å². The second-order valence-corrected chi connectivity index (χ2v) is 5.38. The molecule has 2 nitrogen and oxygen atoms in total. The average Bonchev–Trinajstić information content (AvgIpc) is 2.20. The number of fused-ring (bicyclic) bond motifs is 1. The third-order valence-corrected chi connectivity index (χ3v) is 4.18. The van der Waals surface area contributed by atoms with E-state index in [-0.39, 0.29) is 5.92 Å². The normalized spacial score (nSPS) is 50.5. The summed E-state index contributed by atoms with van der Waals surface area (Å²) in [6.07, 6.45) is 9.73. The first-order chi connectivity index (χ1) is 7.07. The van der Waals surface area contributed by atoms with Gasteiger partial charge >= 0.3 is 0 Å². The van der Waals surface area contributed by atoms with Crippen LogP contribution in [0.1, 0.15) is 39.5 Å². The Balaban J connectivity index is 2.25. The van der Waals surface area contributed by atoms with E-state index in [1.165, 1.54) is 12.8 Å². The van der Waals surface area contributed by atoms with Crippen LogP contribution in [0.2, 0.25) is 0 Å². The van der Waals surface area contributed by atoms with Crippen molar-refractivity contribution in [1.29, 1.82) is 0 Å². The third-order valence-electron chi connectivity index (χ3n) is 4.18. The van der Waals surface area contributed by atoms with Crippen molar-refractivity contribution in [2.24, 2.45) is 11.8 Å². The third kappa shape index (κ3) is 1.79. The van der Waals surface area contributed by atoms with Gasteiger partial charge in [0, 0.05) is 24.4 Å². The molecule has 1 saturated heterocycles. The summed E-state index contributed by atoms with van der Waals surface area (Å²) in [5.41, 5.74) is -0.871. The minimum absolute atomic E-state index is 0.252. The van der Waals surface area contributed by atoms with Gasteiger partial charge in [0.25, 0.3) is 0 Å². The van der Waals surface area contributed by atoms with E-state index in [2.05, 4.69) is 25.1 Å². The summed E-state index contributed by atoms with van der Waals surface area (Å²) in [6.45, 7) is 4.37. The fraction of sp³-hybridized carbons (Fsp3) is 0.846. The number of piperidine rings is 1. The topological polar surface area (TPSA) is 32.3 Å². The smallest absolute Gasteiger partial charge is 0.131 e. The summed E-state index contributed by atoms with van der Waals surface area (Å²) in [5.74, 6) is 3.53. The van der Waals surface area contributed by atoms with Gasteiger partial charge in [-0.3, -0.25) is 0 Å². The zero-order valence-corrected chi connectivity index (χ0v) is 9.66. The molecule has 2 rings (SSSR count). The van der Waals surface area contributed by atoms with Gasteiger partial charge in [-0.2, -0.15) is 0 Å². The van der Waals surface area contributed by atoms with Gasteiger partial charge < -0.3 is 10.4 Å². The highest BCUT2D eigenvalue weighted by molar-refractivity contribution is 5.17. The molecule has 0 radical (unpaired) electrons. The Morgan fingerprint density at radius 2 is 2.13 bits per heavy atom. The molecule has 1 aliphatic heterocycles. The summed E-state index contributed by atoms with van der Waals surface area (Å²) in [4.78, 5) is 0. The molecule has 0 spiro atoms. The summed E-state index contributed by atoms with van der Waals surface area (Å²) in [5, 5.41) is 14.1. The van der Waals surface area contributed by atoms with Crippen molar-refractivity contribution in [2.45, 2.75) is 57.2 Å². The van der Waals surface area contributed by atoms with E-state index in [0.29, 0.717) is 24.4 Å².